The lowest BCUT2D eigenvalue weighted by molar-refractivity contribution is -0.146. The maximum Gasteiger partial charge on any atom is 0.412 e. The molecule has 0 bridgehead atoms. The fraction of sp³-hybridized carbons (Fsp3) is 0.500. The standard InChI is InChI=1S/C24H32N2O8/c1-24(2,3)34-23(30)26-17(12-14-19(26)21(28)32-5)11-13-18(20(27)31-4)25-22(29)33-15-16-9-7-6-8-10-16/h6-10,13,17,19H,11-12,14-15H2,1-5H3,(H,25,29)/b18-13+/t17?,19-/m0/s1. The number of esters is 2. The van der Waals surface area contributed by atoms with E-state index in [1.54, 1.807) is 32.9 Å². The maximum absolute atomic E-state index is 12.8. The fourth-order valence-corrected chi connectivity index (χ4v) is 3.49. The van der Waals surface area contributed by atoms with Crippen LogP contribution >= 0.6 is 0 Å². The highest BCUT2D eigenvalue weighted by atomic mass is 16.6. The molecule has 1 fully saturated rings. The van der Waals surface area contributed by atoms with Crippen LogP contribution in [0.4, 0.5) is 9.59 Å². The summed E-state index contributed by atoms with van der Waals surface area (Å²) >= 11 is 0. The van der Waals surface area contributed by atoms with Gasteiger partial charge in [0.1, 0.15) is 23.9 Å². The van der Waals surface area contributed by atoms with Crippen LogP contribution in [0.15, 0.2) is 42.1 Å². The number of carbonyl (C=O) groups excluding carboxylic acids is 4. The third kappa shape index (κ3) is 7.79. The summed E-state index contributed by atoms with van der Waals surface area (Å²) in [5.41, 5.74) is -0.109. The molecule has 186 valence electrons. The highest BCUT2D eigenvalue weighted by Crippen LogP contribution is 2.30. The average molecular weight is 477 g/mol. The van der Waals surface area contributed by atoms with E-state index >= 15 is 0 Å². The molecule has 1 aliphatic rings. The first-order valence-electron chi connectivity index (χ1n) is 10.9. The van der Waals surface area contributed by atoms with Gasteiger partial charge in [0.15, 0.2) is 0 Å². The van der Waals surface area contributed by atoms with Gasteiger partial charge < -0.3 is 18.9 Å². The quantitative estimate of drug-likeness (QED) is 0.362. The van der Waals surface area contributed by atoms with Gasteiger partial charge in [0.2, 0.25) is 0 Å². The minimum Gasteiger partial charge on any atom is -0.467 e. The van der Waals surface area contributed by atoms with Gasteiger partial charge in [-0.05, 0) is 45.6 Å². The van der Waals surface area contributed by atoms with E-state index in [1.807, 2.05) is 18.2 Å². The molecule has 1 unspecified atom stereocenters. The van der Waals surface area contributed by atoms with Gasteiger partial charge in [0.25, 0.3) is 0 Å². The number of amides is 2. The lowest BCUT2D eigenvalue weighted by atomic mass is 10.1. The van der Waals surface area contributed by atoms with Crippen LogP contribution in [0.3, 0.4) is 0 Å². The van der Waals surface area contributed by atoms with Gasteiger partial charge in [-0.2, -0.15) is 0 Å². The maximum atomic E-state index is 12.8. The van der Waals surface area contributed by atoms with Crippen LogP contribution in [-0.4, -0.2) is 60.9 Å². The predicted octanol–water partition coefficient (Wildman–Crippen LogP) is 3.30. The van der Waals surface area contributed by atoms with Crippen molar-refractivity contribution in [3.8, 4) is 0 Å². The molecule has 1 aliphatic heterocycles. The molecule has 34 heavy (non-hydrogen) atoms. The number of likely N-dealkylation sites (tertiary alicyclic amines) is 1. The van der Waals surface area contributed by atoms with Crippen LogP contribution in [0.25, 0.3) is 0 Å². The molecule has 10 nitrogen and oxygen atoms in total. The molecule has 2 rings (SSSR count). The van der Waals surface area contributed by atoms with Crippen molar-refractivity contribution < 1.29 is 38.1 Å². The van der Waals surface area contributed by atoms with Crippen LogP contribution in [0, 0.1) is 0 Å². The van der Waals surface area contributed by atoms with Gasteiger partial charge in [-0.15, -0.1) is 0 Å². The van der Waals surface area contributed by atoms with Crippen molar-refractivity contribution in [3.63, 3.8) is 0 Å². The van der Waals surface area contributed by atoms with E-state index in [4.69, 9.17) is 18.9 Å². The van der Waals surface area contributed by atoms with Gasteiger partial charge in [0.05, 0.1) is 14.2 Å². The number of nitrogens with zero attached hydrogens (tertiary/aromatic N) is 1. The lowest BCUT2D eigenvalue weighted by Crippen LogP contribution is -2.47. The Balaban J connectivity index is 2.13. The number of benzene rings is 1. The van der Waals surface area contributed by atoms with Crippen molar-refractivity contribution in [1.82, 2.24) is 10.2 Å². The fourth-order valence-electron chi connectivity index (χ4n) is 3.49. The molecule has 1 aromatic rings. The monoisotopic (exact) mass is 476 g/mol. The van der Waals surface area contributed by atoms with Crippen LogP contribution < -0.4 is 5.32 Å². The Morgan fingerprint density at radius 2 is 1.74 bits per heavy atom. The summed E-state index contributed by atoms with van der Waals surface area (Å²) in [6.45, 7) is 5.20. The number of carbonyl (C=O) groups is 4. The number of hydrogen-bond acceptors (Lipinski definition) is 8. The summed E-state index contributed by atoms with van der Waals surface area (Å²) in [7, 11) is 2.44. The Morgan fingerprint density at radius 1 is 1.06 bits per heavy atom. The summed E-state index contributed by atoms with van der Waals surface area (Å²) in [6, 6.07) is 7.81. The smallest absolute Gasteiger partial charge is 0.412 e. The van der Waals surface area contributed by atoms with Crippen molar-refractivity contribution in [1.29, 1.82) is 0 Å². The van der Waals surface area contributed by atoms with E-state index in [2.05, 4.69) is 5.32 Å². The Hall–Kier alpha value is -3.56. The second-order valence-corrected chi connectivity index (χ2v) is 8.69. The second-order valence-electron chi connectivity index (χ2n) is 8.69. The second kappa shape index (κ2) is 12.1. The van der Waals surface area contributed by atoms with Crippen molar-refractivity contribution in [3.05, 3.63) is 47.7 Å². The first kappa shape index (κ1) is 26.7. The van der Waals surface area contributed by atoms with Crippen LogP contribution in [0.5, 0.6) is 0 Å². The van der Waals surface area contributed by atoms with E-state index < -0.39 is 41.8 Å². The van der Waals surface area contributed by atoms with Crippen LogP contribution in [-0.2, 0) is 35.1 Å². The van der Waals surface area contributed by atoms with Gasteiger partial charge >= 0.3 is 24.1 Å². The zero-order valence-corrected chi connectivity index (χ0v) is 20.2. The highest BCUT2D eigenvalue weighted by molar-refractivity contribution is 5.92. The van der Waals surface area contributed by atoms with Crippen LogP contribution in [0.2, 0.25) is 0 Å². The molecular formula is C24H32N2O8. The summed E-state index contributed by atoms with van der Waals surface area (Å²) in [6.07, 6.45) is 0.970. The number of ether oxygens (including phenoxy) is 4. The van der Waals surface area contributed by atoms with Gasteiger partial charge in [-0.3, -0.25) is 10.2 Å². The molecule has 1 saturated heterocycles. The minimum atomic E-state index is -0.830. The first-order chi connectivity index (χ1) is 16.1. The topological polar surface area (TPSA) is 120 Å². The van der Waals surface area contributed by atoms with Crippen molar-refractivity contribution in [2.45, 2.75) is 64.3 Å². The zero-order chi connectivity index (χ0) is 25.3. The molecular weight excluding hydrogens is 444 g/mol. The van der Waals surface area contributed by atoms with Gasteiger partial charge in [-0.1, -0.05) is 36.4 Å². The van der Waals surface area contributed by atoms with E-state index in [1.165, 1.54) is 25.2 Å². The highest BCUT2D eigenvalue weighted by Gasteiger charge is 2.43. The van der Waals surface area contributed by atoms with E-state index in [9.17, 15) is 19.2 Å². The molecule has 0 aromatic heterocycles. The molecule has 1 heterocycles. The van der Waals surface area contributed by atoms with E-state index in [0.29, 0.717) is 12.8 Å². The van der Waals surface area contributed by atoms with Crippen molar-refractivity contribution >= 4 is 24.1 Å². The Bertz CT molecular complexity index is 907. The SMILES string of the molecule is COC(=O)/C(=C\CC1CC[C@@H](C(=O)OC)N1C(=O)OC(C)(C)C)NC(=O)OCc1ccccc1. The van der Waals surface area contributed by atoms with Gasteiger partial charge in [-0.25, -0.2) is 19.2 Å². The molecule has 1 aromatic carbocycles. The summed E-state index contributed by atoms with van der Waals surface area (Å²) in [5.74, 6) is -1.32. The number of alkyl carbamates (subject to hydrolysis) is 1. The summed E-state index contributed by atoms with van der Waals surface area (Å²) in [4.78, 5) is 50.8. The molecule has 0 radical (unpaired) electrons. The van der Waals surface area contributed by atoms with Crippen molar-refractivity contribution in [2.24, 2.45) is 0 Å². The molecule has 0 aliphatic carbocycles. The third-order valence-corrected chi connectivity index (χ3v) is 5.03. The Kier molecular flexibility index (Phi) is 9.47. The molecule has 0 spiro atoms. The minimum absolute atomic E-state index is 0.0248. The van der Waals surface area contributed by atoms with E-state index in [-0.39, 0.29) is 18.7 Å². The number of methoxy groups -OCH3 is 2. The average Bonchev–Trinajstić information content (AvgIpc) is 3.23. The van der Waals surface area contributed by atoms with Crippen molar-refractivity contribution in [2.75, 3.05) is 14.2 Å². The largest absolute Gasteiger partial charge is 0.467 e. The van der Waals surface area contributed by atoms with Gasteiger partial charge in [0, 0.05) is 6.04 Å². The summed E-state index contributed by atoms with van der Waals surface area (Å²) < 4.78 is 20.2. The molecule has 2 amide bonds. The molecule has 10 heteroatoms. The molecule has 0 saturated carbocycles. The molecule has 1 N–H and O–H groups in total. The molecule has 2 atom stereocenters. The predicted molar refractivity (Wildman–Crippen MR) is 121 cm³/mol. The number of hydrogen-bond donors (Lipinski definition) is 1. The normalized spacial score (nSPS) is 18.1. The Labute approximate surface area is 199 Å². The lowest BCUT2D eigenvalue weighted by Gasteiger charge is -2.31. The van der Waals surface area contributed by atoms with E-state index in [0.717, 1.165) is 5.56 Å². The Morgan fingerprint density at radius 3 is 2.32 bits per heavy atom. The van der Waals surface area contributed by atoms with Crippen LogP contribution in [0.1, 0.15) is 45.6 Å². The first-order valence-corrected chi connectivity index (χ1v) is 10.9. The third-order valence-electron chi connectivity index (χ3n) is 5.03. The summed E-state index contributed by atoms with van der Waals surface area (Å²) in [5, 5.41) is 2.39. The zero-order valence-electron chi connectivity index (χ0n) is 20.2. The number of nitrogens with one attached hydrogen (secondary N) is 1. The number of rotatable bonds is 7.